The van der Waals surface area contributed by atoms with Gasteiger partial charge in [0.1, 0.15) is 0 Å². The zero-order valence-electron chi connectivity index (χ0n) is 11.6. The number of hydrogen-bond donors (Lipinski definition) is 1. The Morgan fingerprint density at radius 3 is 2.17 bits per heavy atom. The molecule has 1 nitrogen and oxygen atoms in total. The molecule has 0 radical (unpaired) electrons. The highest BCUT2D eigenvalue weighted by Gasteiger charge is 2.49. The van der Waals surface area contributed by atoms with E-state index in [0.29, 0.717) is 12.0 Å². The lowest BCUT2D eigenvalue weighted by molar-refractivity contribution is -0.00708. The molecule has 1 heteroatoms. The largest absolute Gasteiger partial charge is 0.396 e. The van der Waals surface area contributed by atoms with E-state index >= 15 is 0 Å². The zero-order chi connectivity index (χ0) is 12.8. The number of aryl methyl sites for hydroxylation is 2. The van der Waals surface area contributed by atoms with Gasteiger partial charge in [-0.3, -0.25) is 0 Å². The minimum Gasteiger partial charge on any atom is -0.396 e. The average molecular weight is 244 g/mol. The highest BCUT2D eigenvalue weighted by molar-refractivity contribution is 5.38. The molecule has 4 rings (SSSR count). The van der Waals surface area contributed by atoms with Crippen LogP contribution in [0.5, 0.6) is 0 Å². The summed E-state index contributed by atoms with van der Waals surface area (Å²) < 4.78 is 0. The summed E-state index contributed by atoms with van der Waals surface area (Å²) in [5, 5.41) is 9.62. The van der Waals surface area contributed by atoms with Crippen LogP contribution < -0.4 is 0 Å². The second-order valence-corrected chi connectivity index (χ2v) is 6.76. The normalized spacial score (nSPS) is 34.8. The summed E-state index contributed by atoms with van der Waals surface area (Å²) in [5.41, 5.74) is 5.13. The Kier molecular flexibility index (Phi) is 2.78. The Bertz CT molecular complexity index is 436. The molecule has 3 saturated carbocycles. The van der Waals surface area contributed by atoms with E-state index in [0.717, 1.165) is 0 Å². The minimum absolute atomic E-state index is 0.277. The maximum atomic E-state index is 9.62. The molecular formula is C17H24O. The van der Waals surface area contributed by atoms with E-state index in [1.54, 1.807) is 5.56 Å². The Morgan fingerprint density at radius 2 is 1.61 bits per heavy atom. The first-order chi connectivity index (χ1) is 8.59. The van der Waals surface area contributed by atoms with E-state index in [4.69, 9.17) is 0 Å². The second kappa shape index (κ2) is 4.09. The first kappa shape index (κ1) is 12.2. The van der Waals surface area contributed by atoms with E-state index < -0.39 is 0 Å². The van der Waals surface area contributed by atoms with Crippen molar-refractivity contribution in [3.8, 4) is 0 Å². The number of rotatable bonds is 2. The molecular weight excluding hydrogens is 220 g/mol. The molecule has 3 aliphatic rings. The predicted molar refractivity (Wildman–Crippen MR) is 74.8 cm³/mol. The zero-order valence-corrected chi connectivity index (χ0v) is 11.6. The molecule has 0 unspecified atom stereocenters. The molecule has 3 aliphatic carbocycles. The van der Waals surface area contributed by atoms with Crippen molar-refractivity contribution in [1.82, 2.24) is 0 Å². The van der Waals surface area contributed by atoms with E-state index in [9.17, 15) is 5.11 Å². The van der Waals surface area contributed by atoms with Gasteiger partial charge in [-0.1, -0.05) is 23.8 Å². The SMILES string of the molecule is Cc1ccc(C)c(C23CCC(CO)(CC2)CC3)c1. The van der Waals surface area contributed by atoms with Gasteiger partial charge in [0.05, 0.1) is 0 Å². The van der Waals surface area contributed by atoms with Crippen LogP contribution in [0.15, 0.2) is 18.2 Å². The van der Waals surface area contributed by atoms with Gasteiger partial charge < -0.3 is 5.11 Å². The summed E-state index contributed by atoms with van der Waals surface area (Å²) in [6, 6.07) is 6.91. The van der Waals surface area contributed by atoms with Gasteiger partial charge in [-0.15, -0.1) is 0 Å². The van der Waals surface area contributed by atoms with Gasteiger partial charge in [0.2, 0.25) is 0 Å². The molecule has 0 amide bonds. The number of fused-ring (bicyclic) bond motifs is 3. The molecule has 0 aliphatic heterocycles. The fraction of sp³-hybridized carbons (Fsp3) is 0.647. The van der Waals surface area contributed by atoms with Crippen molar-refractivity contribution in [3.05, 3.63) is 34.9 Å². The summed E-state index contributed by atoms with van der Waals surface area (Å²) in [5.74, 6) is 0. The highest BCUT2D eigenvalue weighted by atomic mass is 16.3. The van der Waals surface area contributed by atoms with Gasteiger partial charge >= 0.3 is 0 Å². The quantitative estimate of drug-likeness (QED) is 0.837. The third-order valence-corrected chi connectivity index (χ3v) is 5.70. The van der Waals surface area contributed by atoms with Gasteiger partial charge in [0.15, 0.2) is 0 Å². The summed E-state index contributed by atoms with van der Waals surface area (Å²) in [6.07, 6.45) is 7.48. The van der Waals surface area contributed by atoms with Crippen molar-refractivity contribution in [1.29, 1.82) is 0 Å². The van der Waals surface area contributed by atoms with E-state index in [1.165, 1.54) is 49.7 Å². The Labute approximate surface area is 110 Å². The van der Waals surface area contributed by atoms with Crippen LogP contribution in [-0.4, -0.2) is 11.7 Å². The number of hydrogen-bond acceptors (Lipinski definition) is 1. The van der Waals surface area contributed by atoms with Crippen LogP contribution in [-0.2, 0) is 5.41 Å². The van der Waals surface area contributed by atoms with Crippen LogP contribution in [0, 0.1) is 19.3 Å². The van der Waals surface area contributed by atoms with Gasteiger partial charge in [-0.2, -0.15) is 0 Å². The molecule has 2 bridgehead atoms. The monoisotopic (exact) mass is 244 g/mol. The van der Waals surface area contributed by atoms with Crippen LogP contribution in [0.25, 0.3) is 0 Å². The highest BCUT2D eigenvalue weighted by Crippen LogP contribution is 2.57. The predicted octanol–water partition coefficient (Wildman–Crippen LogP) is 3.89. The number of aliphatic hydroxyl groups excluding tert-OH is 1. The van der Waals surface area contributed by atoms with Crippen LogP contribution in [0.2, 0.25) is 0 Å². The molecule has 0 atom stereocenters. The van der Waals surface area contributed by atoms with Crippen LogP contribution in [0.3, 0.4) is 0 Å². The topological polar surface area (TPSA) is 20.2 Å². The third-order valence-electron chi connectivity index (χ3n) is 5.70. The van der Waals surface area contributed by atoms with Crippen molar-refractivity contribution >= 4 is 0 Å². The van der Waals surface area contributed by atoms with E-state index in [2.05, 4.69) is 32.0 Å². The van der Waals surface area contributed by atoms with Crippen molar-refractivity contribution < 1.29 is 5.11 Å². The Morgan fingerprint density at radius 1 is 1.00 bits per heavy atom. The standard InChI is InChI=1S/C17H24O/c1-13-3-4-14(2)15(11-13)17-8-5-16(12-18,6-9-17)7-10-17/h3-4,11,18H,5-10,12H2,1-2H3. The van der Waals surface area contributed by atoms with Crippen molar-refractivity contribution in [2.75, 3.05) is 6.61 Å². The maximum Gasteiger partial charge on any atom is 0.0487 e. The van der Waals surface area contributed by atoms with Crippen LogP contribution in [0.4, 0.5) is 0 Å². The maximum absolute atomic E-state index is 9.62. The number of aliphatic hydroxyl groups is 1. The van der Waals surface area contributed by atoms with Crippen molar-refractivity contribution in [2.45, 2.75) is 57.8 Å². The molecule has 1 aromatic rings. The molecule has 1 N–H and O–H groups in total. The fourth-order valence-electron chi connectivity index (χ4n) is 4.21. The Balaban J connectivity index is 1.96. The first-order valence-corrected chi connectivity index (χ1v) is 7.28. The molecule has 0 spiro atoms. The van der Waals surface area contributed by atoms with Crippen molar-refractivity contribution in [2.24, 2.45) is 5.41 Å². The molecule has 3 fully saturated rings. The molecule has 98 valence electrons. The van der Waals surface area contributed by atoms with Gasteiger partial charge in [-0.25, -0.2) is 0 Å². The molecule has 0 aromatic heterocycles. The summed E-state index contributed by atoms with van der Waals surface area (Å²) >= 11 is 0. The molecule has 0 heterocycles. The summed E-state index contributed by atoms with van der Waals surface area (Å²) in [6.45, 7) is 4.85. The van der Waals surface area contributed by atoms with Crippen LogP contribution in [0.1, 0.15) is 55.2 Å². The summed E-state index contributed by atoms with van der Waals surface area (Å²) in [7, 11) is 0. The van der Waals surface area contributed by atoms with Crippen LogP contribution >= 0.6 is 0 Å². The second-order valence-electron chi connectivity index (χ2n) is 6.76. The first-order valence-electron chi connectivity index (χ1n) is 7.28. The number of benzene rings is 1. The minimum atomic E-state index is 0.277. The lowest BCUT2D eigenvalue weighted by Crippen LogP contribution is -2.46. The molecule has 1 aromatic carbocycles. The lowest BCUT2D eigenvalue weighted by atomic mass is 9.51. The molecule has 0 saturated heterocycles. The summed E-state index contributed by atoms with van der Waals surface area (Å²) in [4.78, 5) is 0. The van der Waals surface area contributed by atoms with E-state index in [-0.39, 0.29) is 5.41 Å². The van der Waals surface area contributed by atoms with Gasteiger partial charge in [0, 0.05) is 6.61 Å². The average Bonchev–Trinajstić information content (AvgIpc) is 2.43. The fourth-order valence-corrected chi connectivity index (χ4v) is 4.21. The smallest absolute Gasteiger partial charge is 0.0487 e. The van der Waals surface area contributed by atoms with Gasteiger partial charge in [-0.05, 0) is 74.3 Å². The van der Waals surface area contributed by atoms with Gasteiger partial charge in [0.25, 0.3) is 0 Å². The third kappa shape index (κ3) is 1.72. The lowest BCUT2D eigenvalue weighted by Gasteiger charge is -2.53. The van der Waals surface area contributed by atoms with E-state index in [1.807, 2.05) is 0 Å². The Hall–Kier alpha value is -0.820. The van der Waals surface area contributed by atoms with Crippen molar-refractivity contribution in [3.63, 3.8) is 0 Å². The molecule has 18 heavy (non-hydrogen) atoms.